The topological polar surface area (TPSA) is 74.6 Å². The van der Waals surface area contributed by atoms with Crippen LogP contribution in [-0.2, 0) is 4.79 Å². The van der Waals surface area contributed by atoms with E-state index in [1.165, 1.54) is 0 Å². The van der Waals surface area contributed by atoms with Gasteiger partial charge in [0.25, 0.3) is 0 Å². The third-order valence-corrected chi connectivity index (χ3v) is 0. The fourth-order valence-corrected chi connectivity index (χ4v) is 0. The number of carbonyl (C=O) groups excluding carboxylic acids is 1. The Morgan fingerprint density at radius 2 is 1.57 bits per heavy atom. The Kier molecular flexibility index (Phi) is 14.7. The molecule has 0 rings (SSSR count). The summed E-state index contributed by atoms with van der Waals surface area (Å²) in [7, 11) is 0. The van der Waals surface area contributed by atoms with Gasteiger partial charge in [0.05, 0.1) is 0 Å². The van der Waals surface area contributed by atoms with E-state index in [0.29, 0.717) is 49.0 Å². The van der Waals surface area contributed by atoms with E-state index in [1.807, 2.05) is 0 Å². The van der Waals surface area contributed by atoms with Gasteiger partial charge >= 0.3 is 60.3 Å². The fraction of sp³-hybridized carbons (Fsp3) is 0. The average Bonchev–Trinajstić information content (AvgIpc) is 1.33. The fourth-order valence-electron chi connectivity index (χ4n) is 0. The van der Waals surface area contributed by atoms with Crippen molar-refractivity contribution < 1.29 is 19.8 Å². The minimum atomic E-state index is -1.83. The molecule has 0 aliphatic heterocycles. The van der Waals surface area contributed by atoms with E-state index in [0.717, 1.165) is 0.381 Å². The van der Waals surface area contributed by atoms with E-state index in [4.69, 9.17) is 19.8 Å². The minimum absolute atomic E-state index is 0.424. The van der Waals surface area contributed by atoms with Crippen molar-refractivity contribution in [3.63, 3.8) is 0 Å². The summed E-state index contributed by atoms with van der Waals surface area (Å²) in [5.74, 6) is 0. The first-order valence-corrected chi connectivity index (χ1v) is 3.27. The van der Waals surface area contributed by atoms with Crippen molar-refractivity contribution in [3.8, 4) is 0 Å². The molecule has 5 heteroatoms. The maximum absolute atomic E-state index is 8.89. The van der Waals surface area contributed by atoms with Crippen molar-refractivity contribution in [3.05, 3.63) is 0 Å². The molecular formula is C2H3KO4. The van der Waals surface area contributed by atoms with Gasteiger partial charge in [-0.3, -0.25) is 0 Å². The number of carboxylic acid groups (broad SMARTS) is 2. The van der Waals surface area contributed by atoms with Crippen molar-refractivity contribution in [1.29, 1.82) is 0 Å². The van der Waals surface area contributed by atoms with Crippen molar-refractivity contribution in [2.45, 2.75) is 0 Å². The Morgan fingerprint density at radius 3 is 1.57 bits per heavy atom. The summed E-state index contributed by atoms with van der Waals surface area (Å²) in [6.45, 7) is 0. The standard InChI is InChI=1S/CH2O3.CHO.K/c2-1(3)4;1-2;/h(H2,2,3,4);1H;. The van der Waals surface area contributed by atoms with Crippen LogP contribution in [0.1, 0.15) is 0 Å². The molecular weight excluding hydrogens is 127 g/mol. The first-order chi connectivity index (χ1) is 3.15. The summed E-state index contributed by atoms with van der Waals surface area (Å²) >= 11 is 0.424. The second-order valence-corrected chi connectivity index (χ2v) is 1.25. The van der Waals surface area contributed by atoms with Crippen LogP contribution in [0.2, 0.25) is 0 Å². The molecule has 0 saturated heterocycles. The van der Waals surface area contributed by atoms with Crippen LogP contribution in [0.5, 0.6) is 0 Å². The second kappa shape index (κ2) is 9.76. The molecule has 36 valence electrons. The van der Waals surface area contributed by atoms with Gasteiger partial charge in [0, 0.05) is 0 Å². The van der Waals surface area contributed by atoms with Gasteiger partial charge in [-0.1, -0.05) is 0 Å². The summed E-state index contributed by atoms with van der Waals surface area (Å²) in [6, 6.07) is 0. The van der Waals surface area contributed by atoms with E-state index in [-0.39, 0.29) is 0 Å². The van der Waals surface area contributed by atoms with Crippen molar-refractivity contribution in [2.75, 3.05) is 0 Å². The van der Waals surface area contributed by atoms with Crippen LogP contribution in [0, 0.1) is 0 Å². The molecule has 0 heterocycles. The molecule has 0 aliphatic rings. The van der Waals surface area contributed by atoms with Gasteiger partial charge in [-0.2, -0.15) is 0 Å². The van der Waals surface area contributed by atoms with Gasteiger partial charge in [0.1, 0.15) is 0 Å². The third-order valence-electron chi connectivity index (χ3n) is 0. The predicted molar refractivity (Wildman–Crippen MR) is 23.2 cm³/mol. The quantitative estimate of drug-likeness (QED) is 0.344. The molecule has 0 radical (unpaired) electrons. The molecule has 7 heavy (non-hydrogen) atoms. The van der Waals surface area contributed by atoms with Gasteiger partial charge in [-0.05, 0) is 0 Å². The van der Waals surface area contributed by atoms with E-state index >= 15 is 0 Å². The summed E-state index contributed by atoms with van der Waals surface area (Å²) in [5, 5.41) is 13.9. The zero-order valence-electron chi connectivity index (χ0n) is 3.79. The first kappa shape index (κ1) is 10.5. The van der Waals surface area contributed by atoms with Gasteiger partial charge < -0.3 is 10.2 Å². The zero-order chi connectivity index (χ0) is 6.28. The maximum atomic E-state index is 8.89. The Labute approximate surface area is 74.1 Å². The SMILES string of the molecule is O=C(O)O.O=[CH][K]. The molecule has 0 aliphatic carbocycles. The Hall–Kier alpha value is 0.576. The predicted octanol–water partition coefficient (Wildman–Crippen LogP) is -0.432. The number of hydrogen-bond acceptors (Lipinski definition) is 2. The molecule has 0 bridgehead atoms. The number of rotatable bonds is 0. The van der Waals surface area contributed by atoms with Crippen LogP contribution in [0.3, 0.4) is 0 Å². The van der Waals surface area contributed by atoms with Crippen LogP contribution in [0.4, 0.5) is 4.79 Å². The first-order valence-electron chi connectivity index (χ1n) is 1.46. The van der Waals surface area contributed by atoms with Gasteiger partial charge in [0.15, 0.2) is 0 Å². The number of carbonyl (C=O) groups is 2. The summed E-state index contributed by atoms with van der Waals surface area (Å²) in [6.07, 6.45) is -1.83. The third kappa shape index (κ3) is 415. The van der Waals surface area contributed by atoms with Crippen molar-refractivity contribution in [2.24, 2.45) is 0 Å². The van der Waals surface area contributed by atoms with Crippen LogP contribution >= 0.6 is 0 Å². The molecule has 0 aromatic heterocycles. The second-order valence-electron chi connectivity index (χ2n) is 0.518. The Balaban J connectivity index is 0. The molecule has 0 spiro atoms. The Morgan fingerprint density at radius 1 is 1.57 bits per heavy atom. The van der Waals surface area contributed by atoms with Crippen molar-refractivity contribution in [1.82, 2.24) is 0 Å². The molecule has 2 N–H and O–H groups in total. The molecule has 0 fully saturated rings. The molecule has 0 aromatic rings. The zero-order valence-corrected chi connectivity index (χ0v) is 6.91. The van der Waals surface area contributed by atoms with E-state index in [9.17, 15) is 0 Å². The monoisotopic (exact) mass is 130 g/mol. The van der Waals surface area contributed by atoms with Crippen molar-refractivity contribution >= 4 is 55.5 Å². The summed E-state index contributed by atoms with van der Waals surface area (Å²) in [4.78, 5) is 17.4. The normalized spacial score (nSPS) is 5.43. The molecule has 4 nitrogen and oxygen atoms in total. The van der Waals surface area contributed by atoms with Crippen LogP contribution in [0.15, 0.2) is 0 Å². The molecule has 0 amide bonds. The summed E-state index contributed by atoms with van der Waals surface area (Å²) in [5.41, 5.74) is 0. The van der Waals surface area contributed by atoms with Gasteiger partial charge in [0.2, 0.25) is 0 Å². The number of hydrogen-bond donors (Lipinski definition) is 2. The van der Waals surface area contributed by atoms with Gasteiger partial charge in [-0.25, -0.2) is 4.79 Å². The van der Waals surface area contributed by atoms with Gasteiger partial charge in [-0.15, -0.1) is 0 Å². The van der Waals surface area contributed by atoms with Crippen LogP contribution in [-0.4, -0.2) is 65.7 Å². The molecule has 0 aromatic carbocycles. The average molecular weight is 130 g/mol. The van der Waals surface area contributed by atoms with Crippen LogP contribution < -0.4 is 0 Å². The van der Waals surface area contributed by atoms with Crippen LogP contribution in [0.25, 0.3) is 0 Å². The van der Waals surface area contributed by atoms with E-state index < -0.39 is 6.16 Å². The van der Waals surface area contributed by atoms with E-state index in [2.05, 4.69) is 0 Å². The molecule has 0 atom stereocenters. The molecule has 0 unspecified atom stereocenters. The Bertz CT molecular complexity index is 56.7. The summed E-state index contributed by atoms with van der Waals surface area (Å²) < 4.78 is 0.938. The molecule has 0 saturated carbocycles. The van der Waals surface area contributed by atoms with E-state index in [1.54, 1.807) is 0 Å².